The van der Waals surface area contributed by atoms with Gasteiger partial charge in [-0.05, 0) is 61.6 Å². The Morgan fingerprint density at radius 3 is 2.36 bits per heavy atom. The van der Waals surface area contributed by atoms with Crippen LogP contribution in [0.1, 0.15) is 52.1 Å². The lowest BCUT2D eigenvalue weighted by molar-refractivity contribution is -0.136. The van der Waals surface area contributed by atoms with E-state index < -0.39 is 6.04 Å². The van der Waals surface area contributed by atoms with Crippen LogP contribution in [0, 0.1) is 5.92 Å². The zero-order valence-corrected chi connectivity index (χ0v) is 19.8. The Balaban J connectivity index is 1.45. The highest BCUT2D eigenvalue weighted by molar-refractivity contribution is 7.12. The molecule has 8 heteroatoms. The van der Waals surface area contributed by atoms with Crippen LogP contribution in [0.2, 0.25) is 0 Å². The third-order valence-corrected chi connectivity index (χ3v) is 7.47. The van der Waals surface area contributed by atoms with Gasteiger partial charge in [-0.15, -0.1) is 11.3 Å². The van der Waals surface area contributed by atoms with Crippen molar-refractivity contribution in [2.24, 2.45) is 5.92 Å². The lowest BCUT2D eigenvalue weighted by Gasteiger charge is -2.38. The van der Waals surface area contributed by atoms with Gasteiger partial charge in [-0.25, -0.2) is 0 Å². The molecule has 2 saturated heterocycles. The SMILES string of the molecule is COc1ccccc1C(=O)N1CCC([C@@H](NC(=O)c2cccs2)C(=O)N2CCCCC2)CC1. The molecule has 176 valence electrons. The summed E-state index contributed by atoms with van der Waals surface area (Å²) in [6.07, 6.45) is 4.47. The number of benzene rings is 1. The van der Waals surface area contributed by atoms with Crippen molar-refractivity contribution in [1.82, 2.24) is 15.1 Å². The first kappa shape index (κ1) is 23.3. The topological polar surface area (TPSA) is 79.0 Å². The molecule has 1 atom stereocenters. The molecule has 0 bridgehead atoms. The number of likely N-dealkylation sites (tertiary alicyclic amines) is 2. The maximum atomic E-state index is 13.4. The molecule has 7 nitrogen and oxygen atoms in total. The highest BCUT2D eigenvalue weighted by atomic mass is 32.1. The summed E-state index contributed by atoms with van der Waals surface area (Å²) in [5.74, 6) is 0.297. The Kier molecular flexibility index (Phi) is 7.65. The Morgan fingerprint density at radius 2 is 1.70 bits per heavy atom. The van der Waals surface area contributed by atoms with Crippen LogP contribution in [-0.4, -0.2) is 66.9 Å². The largest absolute Gasteiger partial charge is 0.496 e. The molecule has 2 aliphatic rings. The number of piperidine rings is 2. The minimum absolute atomic E-state index is 0.00844. The number of nitrogens with zero attached hydrogens (tertiary/aromatic N) is 2. The highest BCUT2D eigenvalue weighted by Crippen LogP contribution is 2.27. The number of rotatable bonds is 6. The van der Waals surface area contributed by atoms with Crippen LogP contribution in [0.15, 0.2) is 41.8 Å². The van der Waals surface area contributed by atoms with Crippen molar-refractivity contribution in [3.63, 3.8) is 0 Å². The molecule has 0 radical (unpaired) electrons. The van der Waals surface area contributed by atoms with E-state index >= 15 is 0 Å². The Labute approximate surface area is 198 Å². The highest BCUT2D eigenvalue weighted by Gasteiger charge is 2.37. The first-order chi connectivity index (χ1) is 16.1. The minimum atomic E-state index is -0.568. The summed E-state index contributed by atoms with van der Waals surface area (Å²) in [7, 11) is 1.56. The zero-order chi connectivity index (χ0) is 23.2. The first-order valence-electron chi connectivity index (χ1n) is 11.6. The number of thiophene rings is 1. The van der Waals surface area contributed by atoms with E-state index in [2.05, 4.69) is 5.32 Å². The number of ether oxygens (including phenoxy) is 1. The van der Waals surface area contributed by atoms with Crippen LogP contribution >= 0.6 is 11.3 Å². The number of amides is 3. The first-order valence-corrected chi connectivity index (χ1v) is 12.5. The molecule has 2 aliphatic heterocycles. The number of nitrogens with one attached hydrogen (secondary N) is 1. The van der Waals surface area contributed by atoms with E-state index in [0.29, 0.717) is 42.1 Å². The fourth-order valence-electron chi connectivity index (χ4n) is 4.74. The Morgan fingerprint density at radius 1 is 0.970 bits per heavy atom. The second kappa shape index (κ2) is 10.8. The molecule has 3 heterocycles. The molecule has 1 aromatic carbocycles. The fraction of sp³-hybridized carbons (Fsp3) is 0.480. The van der Waals surface area contributed by atoms with Crippen LogP contribution < -0.4 is 10.1 Å². The maximum absolute atomic E-state index is 13.4. The number of carbonyl (C=O) groups excluding carboxylic acids is 3. The third kappa shape index (κ3) is 5.38. The van der Waals surface area contributed by atoms with E-state index in [1.165, 1.54) is 11.3 Å². The molecular formula is C25H31N3O4S. The van der Waals surface area contributed by atoms with Crippen molar-refractivity contribution in [3.8, 4) is 5.75 Å². The molecule has 1 aromatic heterocycles. The van der Waals surface area contributed by atoms with E-state index in [0.717, 1.165) is 32.4 Å². The Hall–Kier alpha value is -2.87. The number of methoxy groups -OCH3 is 1. The van der Waals surface area contributed by atoms with E-state index in [1.807, 2.05) is 33.4 Å². The van der Waals surface area contributed by atoms with Gasteiger partial charge in [0, 0.05) is 26.2 Å². The molecule has 2 aromatic rings. The van der Waals surface area contributed by atoms with Crippen LogP contribution in [0.3, 0.4) is 0 Å². The predicted molar refractivity (Wildman–Crippen MR) is 128 cm³/mol. The third-order valence-electron chi connectivity index (χ3n) is 6.60. The van der Waals surface area contributed by atoms with Crippen LogP contribution in [0.4, 0.5) is 0 Å². The molecule has 1 N–H and O–H groups in total. The second-order valence-electron chi connectivity index (χ2n) is 8.64. The molecule has 4 rings (SSSR count). The average Bonchev–Trinajstić information content (AvgIpc) is 3.42. The molecular weight excluding hydrogens is 438 g/mol. The van der Waals surface area contributed by atoms with Crippen molar-refractivity contribution < 1.29 is 19.1 Å². The van der Waals surface area contributed by atoms with Gasteiger partial charge in [0.15, 0.2) is 0 Å². The normalized spacial score (nSPS) is 18.0. The van der Waals surface area contributed by atoms with Gasteiger partial charge < -0.3 is 19.9 Å². The molecule has 0 aliphatic carbocycles. The molecule has 0 unspecified atom stereocenters. The van der Waals surface area contributed by atoms with Gasteiger partial charge >= 0.3 is 0 Å². The van der Waals surface area contributed by atoms with Crippen molar-refractivity contribution in [2.45, 2.75) is 38.1 Å². The van der Waals surface area contributed by atoms with Crippen LogP contribution in [-0.2, 0) is 4.79 Å². The summed E-state index contributed by atoms with van der Waals surface area (Å²) in [6, 6.07) is 10.3. The lowest BCUT2D eigenvalue weighted by atomic mass is 9.87. The van der Waals surface area contributed by atoms with Gasteiger partial charge in [0.25, 0.3) is 11.8 Å². The second-order valence-corrected chi connectivity index (χ2v) is 9.59. The van der Waals surface area contributed by atoms with Gasteiger partial charge in [-0.2, -0.15) is 0 Å². The predicted octanol–water partition coefficient (Wildman–Crippen LogP) is 3.42. The van der Waals surface area contributed by atoms with Crippen molar-refractivity contribution in [2.75, 3.05) is 33.3 Å². The van der Waals surface area contributed by atoms with E-state index in [9.17, 15) is 14.4 Å². The standard InChI is InChI=1S/C25H31N3O4S/c1-32-20-9-4-3-8-19(20)24(30)28-15-11-18(12-16-28)22(25(31)27-13-5-2-6-14-27)26-23(29)21-10-7-17-33-21/h3-4,7-10,17-18,22H,2,5-6,11-16H2,1H3,(H,26,29)/t22-/m1/s1. The van der Waals surface area contributed by atoms with Gasteiger partial charge in [-0.1, -0.05) is 18.2 Å². The summed E-state index contributed by atoms with van der Waals surface area (Å²) in [5.41, 5.74) is 0.547. The molecule has 0 spiro atoms. The van der Waals surface area contributed by atoms with Crippen LogP contribution in [0.25, 0.3) is 0 Å². The molecule has 2 fully saturated rings. The zero-order valence-electron chi connectivity index (χ0n) is 19.0. The van der Waals surface area contributed by atoms with Crippen LogP contribution in [0.5, 0.6) is 5.75 Å². The number of para-hydroxylation sites is 1. The summed E-state index contributed by atoms with van der Waals surface area (Å²) >= 11 is 1.37. The Bertz CT molecular complexity index is 964. The van der Waals surface area contributed by atoms with Gasteiger partial charge in [0.2, 0.25) is 5.91 Å². The summed E-state index contributed by atoms with van der Waals surface area (Å²) in [6.45, 7) is 2.57. The monoisotopic (exact) mass is 469 g/mol. The maximum Gasteiger partial charge on any atom is 0.262 e. The number of hydrogen-bond donors (Lipinski definition) is 1. The average molecular weight is 470 g/mol. The number of hydrogen-bond acceptors (Lipinski definition) is 5. The van der Waals surface area contributed by atoms with Gasteiger partial charge in [-0.3, -0.25) is 14.4 Å². The molecule has 33 heavy (non-hydrogen) atoms. The molecule has 0 saturated carbocycles. The summed E-state index contributed by atoms with van der Waals surface area (Å²) < 4.78 is 5.35. The minimum Gasteiger partial charge on any atom is -0.496 e. The van der Waals surface area contributed by atoms with Crippen molar-refractivity contribution in [3.05, 3.63) is 52.2 Å². The van der Waals surface area contributed by atoms with Gasteiger partial charge in [0.1, 0.15) is 11.8 Å². The van der Waals surface area contributed by atoms with E-state index in [1.54, 1.807) is 25.3 Å². The van der Waals surface area contributed by atoms with E-state index in [-0.39, 0.29) is 23.6 Å². The number of carbonyl (C=O) groups is 3. The quantitative estimate of drug-likeness (QED) is 0.703. The van der Waals surface area contributed by atoms with Crippen molar-refractivity contribution in [1.29, 1.82) is 0 Å². The smallest absolute Gasteiger partial charge is 0.262 e. The van der Waals surface area contributed by atoms with E-state index in [4.69, 9.17) is 4.74 Å². The summed E-state index contributed by atoms with van der Waals surface area (Å²) in [4.78, 5) is 43.7. The fourth-order valence-corrected chi connectivity index (χ4v) is 5.37. The summed E-state index contributed by atoms with van der Waals surface area (Å²) in [5, 5.41) is 4.90. The van der Waals surface area contributed by atoms with Crippen molar-refractivity contribution >= 4 is 29.1 Å². The lowest BCUT2D eigenvalue weighted by Crippen LogP contribution is -2.55. The van der Waals surface area contributed by atoms with Gasteiger partial charge in [0.05, 0.1) is 17.6 Å². The molecule has 3 amide bonds.